The topological polar surface area (TPSA) is 108 Å². The van der Waals surface area contributed by atoms with Gasteiger partial charge in [0.05, 0.1) is 6.61 Å². The van der Waals surface area contributed by atoms with Gasteiger partial charge in [0.2, 0.25) is 11.8 Å². The summed E-state index contributed by atoms with van der Waals surface area (Å²) in [6.07, 6.45) is 1.64. The average Bonchev–Trinajstić information content (AvgIpc) is 2.86. The molecule has 208 valence electrons. The van der Waals surface area contributed by atoms with Crippen LogP contribution in [-0.2, 0) is 20.9 Å². The lowest BCUT2D eigenvalue weighted by Crippen LogP contribution is -2.54. The van der Waals surface area contributed by atoms with Crippen molar-refractivity contribution >= 4 is 17.9 Å². The van der Waals surface area contributed by atoms with Crippen LogP contribution >= 0.6 is 0 Å². The number of hydrogen-bond donors (Lipinski definition) is 3. The van der Waals surface area contributed by atoms with Crippen molar-refractivity contribution in [3.05, 3.63) is 70.8 Å². The highest BCUT2D eigenvalue weighted by Gasteiger charge is 2.36. The lowest BCUT2D eigenvalue weighted by atomic mass is 9.95. The zero-order chi connectivity index (χ0) is 28.3. The first kappa shape index (κ1) is 30.8. The number of nitrogens with zero attached hydrogens (tertiary/aromatic N) is 1. The summed E-state index contributed by atoms with van der Waals surface area (Å²) >= 11 is 0. The predicted octanol–water partition coefficient (Wildman–Crippen LogP) is 4.57. The van der Waals surface area contributed by atoms with Crippen LogP contribution in [0.1, 0.15) is 75.3 Å². The summed E-state index contributed by atoms with van der Waals surface area (Å²) in [7, 11) is 0. The van der Waals surface area contributed by atoms with Crippen LogP contribution in [0.4, 0.5) is 4.79 Å². The quantitative estimate of drug-likeness (QED) is 0.352. The van der Waals surface area contributed by atoms with Gasteiger partial charge in [-0.05, 0) is 57.7 Å². The molecule has 2 aromatic carbocycles. The number of hydrogen-bond acceptors (Lipinski definition) is 5. The summed E-state index contributed by atoms with van der Waals surface area (Å²) in [5.41, 5.74) is 2.69. The normalized spacial score (nSPS) is 12.8. The molecule has 8 heteroatoms. The lowest BCUT2D eigenvalue weighted by molar-refractivity contribution is -0.143. The van der Waals surface area contributed by atoms with Gasteiger partial charge >= 0.3 is 6.09 Å². The number of aliphatic hydroxyl groups is 1. The van der Waals surface area contributed by atoms with Crippen LogP contribution in [0.5, 0.6) is 0 Å². The van der Waals surface area contributed by atoms with Crippen LogP contribution in [0.2, 0.25) is 0 Å². The van der Waals surface area contributed by atoms with Gasteiger partial charge in [-0.3, -0.25) is 9.59 Å². The number of rotatable bonds is 12. The Kier molecular flexibility index (Phi) is 11.8. The van der Waals surface area contributed by atoms with Gasteiger partial charge in [-0.25, -0.2) is 4.79 Å². The van der Waals surface area contributed by atoms with E-state index in [4.69, 9.17) is 4.74 Å². The average molecular weight is 526 g/mol. The maximum absolute atomic E-state index is 13.9. The van der Waals surface area contributed by atoms with E-state index >= 15 is 0 Å². The van der Waals surface area contributed by atoms with Gasteiger partial charge in [-0.1, -0.05) is 73.9 Å². The van der Waals surface area contributed by atoms with Gasteiger partial charge in [0, 0.05) is 13.1 Å². The molecule has 0 spiro atoms. The third kappa shape index (κ3) is 9.49. The molecule has 3 amide bonds. The molecular formula is C30H43N3O5. The van der Waals surface area contributed by atoms with Crippen LogP contribution in [0.25, 0.3) is 0 Å². The number of unbranched alkanes of at least 4 members (excludes halogenated alkanes) is 2. The van der Waals surface area contributed by atoms with E-state index in [0.29, 0.717) is 18.5 Å². The summed E-state index contributed by atoms with van der Waals surface area (Å²) in [5, 5.41) is 15.6. The number of carbonyl (C=O) groups is 3. The summed E-state index contributed by atoms with van der Waals surface area (Å²) in [6.45, 7) is 11.0. The highest BCUT2D eigenvalue weighted by Crippen LogP contribution is 2.27. The number of carbonyl (C=O) groups excluding carboxylic acids is 3. The molecule has 0 saturated heterocycles. The maximum Gasteiger partial charge on any atom is 0.408 e. The van der Waals surface area contributed by atoms with Crippen molar-refractivity contribution in [3.8, 4) is 0 Å². The summed E-state index contributed by atoms with van der Waals surface area (Å²) < 4.78 is 5.30. The minimum Gasteiger partial charge on any atom is -0.444 e. The minimum atomic E-state index is -1.26. The zero-order valence-electron chi connectivity index (χ0n) is 23.5. The lowest BCUT2D eigenvalue weighted by Gasteiger charge is -2.35. The molecule has 2 aromatic rings. The molecule has 0 radical (unpaired) electrons. The molecule has 3 N–H and O–H groups in total. The number of benzene rings is 2. The second-order valence-corrected chi connectivity index (χ2v) is 10.6. The highest BCUT2D eigenvalue weighted by molar-refractivity contribution is 5.92. The Balaban J connectivity index is 2.46. The smallest absolute Gasteiger partial charge is 0.408 e. The van der Waals surface area contributed by atoms with Gasteiger partial charge < -0.3 is 25.4 Å². The molecule has 38 heavy (non-hydrogen) atoms. The van der Waals surface area contributed by atoms with Crippen LogP contribution in [0.15, 0.2) is 48.5 Å². The van der Waals surface area contributed by atoms with E-state index in [1.54, 1.807) is 20.8 Å². The Morgan fingerprint density at radius 3 is 2.32 bits per heavy atom. The van der Waals surface area contributed by atoms with Crippen molar-refractivity contribution in [2.45, 2.75) is 85.0 Å². The van der Waals surface area contributed by atoms with E-state index in [0.717, 1.165) is 29.5 Å². The zero-order valence-corrected chi connectivity index (χ0v) is 23.5. The SMILES string of the molecule is CCCCCN(C(=O)C(CO)NC(=O)OC(C)(C)C)C(C(=O)NCc1ccccc1)c1cc(C)ccc1C. The number of ether oxygens (including phenoxy) is 1. The first-order valence-electron chi connectivity index (χ1n) is 13.3. The van der Waals surface area contributed by atoms with Crippen molar-refractivity contribution in [2.24, 2.45) is 0 Å². The van der Waals surface area contributed by atoms with E-state index in [2.05, 4.69) is 17.6 Å². The summed E-state index contributed by atoms with van der Waals surface area (Å²) in [4.78, 5) is 41.6. The standard InChI is InChI=1S/C30H43N3O5/c1-7-8-12-17-33(28(36)25(20-34)32-29(37)38-30(4,5)6)26(24-18-21(2)15-16-22(24)3)27(35)31-19-23-13-10-9-11-14-23/h9-11,13-16,18,25-26,34H,7-8,12,17,19-20H2,1-6H3,(H,31,35)(H,32,37). The fraction of sp³-hybridized carbons (Fsp3) is 0.500. The maximum atomic E-state index is 13.9. The van der Waals surface area contributed by atoms with Crippen molar-refractivity contribution in [2.75, 3.05) is 13.2 Å². The second kappa shape index (κ2) is 14.5. The van der Waals surface area contributed by atoms with Crippen LogP contribution in [0.3, 0.4) is 0 Å². The van der Waals surface area contributed by atoms with E-state index in [-0.39, 0.29) is 12.5 Å². The Labute approximate surface area is 226 Å². The fourth-order valence-corrected chi connectivity index (χ4v) is 4.12. The van der Waals surface area contributed by atoms with Gasteiger partial charge in [-0.2, -0.15) is 0 Å². The molecule has 0 aliphatic heterocycles. The summed E-state index contributed by atoms with van der Waals surface area (Å²) in [5.74, 6) is -0.878. The molecular weight excluding hydrogens is 482 g/mol. The van der Waals surface area contributed by atoms with Crippen molar-refractivity contribution in [1.29, 1.82) is 0 Å². The van der Waals surface area contributed by atoms with Gasteiger partial charge in [0.1, 0.15) is 17.7 Å². The Morgan fingerprint density at radius 2 is 1.71 bits per heavy atom. The van der Waals surface area contributed by atoms with Gasteiger partial charge in [0.15, 0.2) is 0 Å². The monoisotopic (exact) mass is 525 g/mol. The van der Waals surface area contributed by atoms with Crippen LogP contribution < -0.4 is 10.6 Å². The second-order valence-electron chi connectivity index (χ2n) is 10.6. The number of alkyl carbamates (subject to hydrolysis) is 1. The number of amides is 3. The fourth-order valence-electron chi connectivity index (χ4n) is 4.12. The molecule has 0 fully saturated rings. The number of nitrogens with one attached hydrogen (secondary N) is 2. The molecule has 2 atom stereocenters. The molecule has 0 aliphatic rings. The van der Waals surface area contributed by atoms with Crippen LogP contribution in [-0.4, -0.2) is 52.7 Å². The first-order valence-corrected chi connectivity index (χ1v) is 13.3. The molecule has 0 aromatic heterocycles. The van der Waals surface area contributed by atoms with Gasteiger partial charge in [-0.15, -0.1) is 0 Å². The molecule has 0 heterocycles. The van der Waals surface area contributed by atoms with E-state index in [1.165, 1.54) is 4.90 Å². The van der Waals surface area contributed by atoms with E-state index in [9.17, 15) is 19.5 Å². The van der Waals surface area contributed by atoms with Crippen LogP contribution in [0, 0.1) is 13.8 Å². The molecule has 0 bridgehead atoms. The molecule has 2 unspecified atom stereocenters. The minimum absolute atomic E-state index is 0.288. The third-order valence-corrected chi connectivity index (χ3v) is 6.06. The number of aryl methyl sites for hydroxylation is 2. The molecule has 0 saturated carbocycles. The van der Waals surface area contributed by atoms with Crippen molar-refractivity contribution in [3.63, 3.8) is 0 Å². The third-order valence-electron chi connectivity index (χ3n) is 6.06. The van der Waals surface area contributed by atoms with E-state index < -0.39 is 36.3 Å². The molecule has 0 aliphatic carbocycles. The van der Waals surface area contributed by atoms with Crippen molar-refractivity contribution in [1.82, 2.24) is 15.5 Å². The summed E-state index contributed by atoms with van der Waals surface area (Å²) in [6, 6.07) is 13.1. The molecule has 8 nitrogen and oxygen atoms in total. The van der Waals surface area contributed by atoms with Gasteiger partial charge in [0.25, 0.3) is 0 Å². The first-order chi connectivity index (χ1) is 18.0. The Morgan fingerprint density at radius 1 is 1.03 bits per heavy atom. The number of aliphatic hydroxyl groups excluding tert-OH is 1. The predicted molar refractivity (Wildman–Crippen MR) is 148 cm³/mol. The largest absolute Gasteiger partial charge is 0.444 e. The van der Waals surface area contributed by atoms with E-state index in [1.807, 2.05) is 62.4 Å². The highest BCUT2D eigenvalue weighted by atomic mass is 16.6. The Hall–Kier alpha value is -3.39. The Bertz CT molecular complexity index is 1070. The molecule has 2 rings (SSSR count). The van der Waals surface area contributed by atoms with Crippen molar-refractivity contribution < 1.29 is 24.2 Å².